The fourth-order valence-corrected chi connectivity index (χ4v) is 1.35. The van der Waals surface area contributed by atoms with E-state index in [2.05, 4.69) is 10.1 Å². The number of rotatable bonds is 4. The standard InChI is InChI=1S/C12H16N2O3/c1-8(12(16)17-2)14-11(15)7-9-3-5-10(13)6-4-9/h3-6,8H,7,13H2,1-2H3,(H,14,15)/t8-/m1/s1. The molecule has 1 rings (SSSR count). The summed E-state index contributed by atoms with van der Waals surface area (Å²) in [7, 11) is 1.28. The SMILES string of the molecule is COC(=O)[C@@H](C)NC(=O)Cc1ccc(N)cc1. The summed E-state index contributed by atoms with van der Waals surface area (Å²) in [6.45, 7) is 1.58. The maximum absolute atomic E-state index is 11.6. The number of amides is 1. The number of benzene rings is 1. The smallest absolute Gasteiger partial charge is 0.328 e. The van der Waals surface area contributed by atoms with Gasteiger partial charge in [0.25, 0.3) is 0 Å². The molecule has 0 aliphatic carbocycles. The number of hydrogen-bond acceptors (Lipinski definition) is 4. The van der Waals surface area contributed by atoms with Crippen LogP contribution >= 0.6 is 0 Å². The Balaban J connectivity index is 2.50. The molecule has 17 heavy (non-hydrogen) atoms. The average Bonchev–Trinajstić information content (AvgIpc) is 2.30. The van der Waals surface area contributed by atoms with Crippen molar-refractivity contribution in [3.05, 3.63) is 29.8 Å². The highest BCUT2D eigenvalue weighted by molar-refractivity contribution is 5.85. The molecular weight excluding hydrogens is 220 g/mol. The van der Waals surface area contributed by atoms with Crippen molar-refractivity contribution in [1.82, 2.24) is 5.32 Å². The lowest BCUT2D eigenvalue weighted by atomic mass is 10.1. The van der Waals surface area contributed by atoms with E-state index in [0.29, 0.717) is 5.69 Å². The van der Waals surface area contributed by atoms with Crippen LogP contribution in [0.3, 0.4) is 0 Å². The number of carbonyl (C=O) groups excluding carboxylic acids is 2. The highest BCUT2D eigenvalue weighted by atomic mass is 16.5. The van der Waals surface area contributed by atoms with Crippen molar-refractivity contribution in [1.29, 1.82) is 0 Å². The van der Waals surface area contributed by atoms with E-state index in [1.165, 1.54) is 7.11 Å². The van der Waals surface area contributed by atoms with E-state index in [1.54, 1.807) is 31.2 Å². The summed E-state index contributed by atoms with van der Waals surface area (Å²) in [5.41, 5.74) is 7.03. The number of anilines is 1. The first-order valence-electron chi connectivity index (χ1n) is 5.24. The van der Waals surface area contributed by atoms with Crippen LogP contribution in [0.25, 0.3) is 0 Å². The van der Waals surface area contributed by atoms with E-state index >= 15 is 0 Å². The summed E-state index contributed by atoms with van der Waals surface area (Å²) in [5, 5.41) is 2.55. The van der Waals surface area contributed by atoms with E-state index in [4.69, 9.17) is 5.73 Å². The zero-order valence-corrected chi connectivity index (χ0v) is 9.90. The molecule has 1 amide bonds. The van der Waals surface area contributed by atoms with Crippen LogP contribution in [0, 0.1) is 0 Å². The van der Waals surface area contributed by atoms with Crippen LogP contribution < -0.4 is 11.1 Å². The van der Waals surface area contributed by atoms with E-state index in [9.17, 15) is 9.59 Å². The van der Waals surface area contributed by atoms with Crippen LogP contribution in [-0.4, -0.2) is 25.0 Å². The number of esters is 1. The highest BCUT2D eigenvalue weighted by Gasteiger charge is 2.15. The first kappa shape index (κ1) is 13.0. The second kappa shape index (κ2) is 5.89. The van der Waals surface area contributed by atoms with Crippen LogP contribution in [-0.2, 0) is 20.7 Å². The van der Waals surface area contributed by atoms with Crippen LogP contribution in [0.1, 0.15) is 12.5 Å². The average molecular weight is 236 g/mol. The maximum Gasteiger partial charge on any atom is 0.328 e. The van der Waals surface area contributed by atoms with Crippen LogP contribution in [0.5, 0.6) is 0 Å². The van der Waals surface area contributed by atoms with Gasteiger partial charge in [0.1, 0.15) is 6.04 Å². The highest BCUT2D eigenvalue weighted by Crippen LogP contribution is 2.06. The monoisotopic (exact) mass is 236 g/mol. The molecule has 1 atom stereocenters. The lowest BCUT2D eigenvalue weighted by molar-refractivity contribution is -0.144. The number of nitrogens with one attached hydrogen (secondary N) is 1. The fraction of sp³-hybridized carbons (Fsp3) is 0.333. The lowest BCUT2D eigenvalue weighted by Gasteiger charge is -2.11. The molecule has 0 aliphatic heterocycles. The summed E-state index contributed by atoms with van der Waals surface area (Å²) in [6, 6.07) is 6.37. The number of nitrogen functional groups attached to an aromatic ring is 1. The van der Waals surface area contributed by atoms with Crippen LogP contribution in [0.2, 0.25) is 0 Å². The van der Waals surface area contributed by atoms with Gasteiger partial charge in [0.2, 0.25) is 5.91 Å². The third kappa shape index (κ3) is 4.14. The van der Waals surface area contributed by atoms with Crippen molar-refractivity contribution in [2.24, 2.45) is 0 Å². The molecule has 1 aromatic rings. The summed E-state index contributed by atoms with van der Waals surface area (Å²) < 4.78 is 4.51. The zero-order valence-electron chi connectivity index (χ0n) is 9.90. The Morgan fingerprint density at radius 3 is 2.47 bits per heavy atom. The first-order valence-corrected chi connectivity index (χ1v) is 5.24. The topological polar surface area (TPSA) is 81.4 Å². The third-order valence-electron chi connectivity index (χ3n) is 2.28. The predicted octanol–water partition coefficient (Wildman–Crippen LogP) is 0.489. The molecule has 0 fully saturated rings. The number of methoxy groups -OCH3 is 1. The molecule has 0 saturated carbocycles. The minimum absolute atomic E-state index is 0.210. The largest absolute Gasteiger partial charge is 0.467 e. The second-order valence-electron chi connectivity index (χ2n) is 3.73. The lowest BCUT2D eigenvalue weighted by Crippen LogP contribution is -2.39. The molecule has 0 saturated heterocycles. The van der Waals surface area contributed by atoms with Gasteiger partial charge < -0.3 is 15.8 Å². The Labute approximate surface area is 99.9 Å². The molecular formula is C12H16N2O3. The maximum atomic E-state index is 11.6. The summed E-state index contributed by atoms with van der Waals surface area (Å²) in [4.78, 5) is 22.7. The van der Waals surface area contributed by atoms with Gasteiger partial charge in [-0.2, -0.15) is 0 Å². The number of ether oxygens (including phenoxy) is 1. The van der Waals surface area contributed by atoms with Crippen LogP contribution in [0.4, 0.5) is 5.69 Å². The van der Waals surface area contributed by atoms with Gasteiger partial charge in [0.15, 0.2) is 0 Å². The van der Waals surface area contributed by atoms with E-state index in [0.717, 1.165) is 5.56 Å². The number of hydrogen-bond donors (Lipinski definition) is 2. The minimum Gasteiger partial charge on any atom is -0.467 e. The molecule has 0 aliphatic rings. The second-order valence-corrected chi connectivity index (χ2v) is 3.73. The van der Waals surface area contributed by atoms with Gasteiger partial charge in [-0.25, -0.2) is 4.79 Å². The summed E-state index contributed by atoms with van der Waals surface area (Å²) in [5.74, 6) is -0.691. The number of carbonyl (C=O) groups is 2. The van der Waals surface area contributed by atoms with Crippen molar-refractivity contribution in [2.45, 2.75) is 19.4 Å². The van der Waals surface area contributed by atoms with Crippen LogP contribution in [0.15, 0.2) is 24.3 Å². The van der Waals surface area contributed by atoms with Gasteiger partial charge in [-0.1, -0.05) is 12.1 Å². The molecule has 0 unspecified atom stereocenters. The van der Waals surface area contributed by atoms with E-state index < -0.39 is 12.0 Å². The molecule has 0 heterocycles. The van der Waals surface area contributed by atoms with Crippen molar-refractivity contribution in [3.63, 3.8) is 0 Å². The van der Waals surface area contributed by atoms with Gasteiger partial charge in [-0.3, -0.25) is 4.79 Å². The molecule has 3 N–H and O–H groups in total. The molecule has 0 spiro atoms. The molecule has 5 heteroatoms. The molecule has 0 bridgehead atoms. The molecule has 5 nitrogen and oxygen atoms in total. The molecule has 0 radical (unpaired) electrons. The van der Waals surface area contributed by atoms with Crippen molar-refractivity contribution in [3.8, 4) is 0 Å². The zero-order chi connectivity index (χ0) is 12.8. The quantitative estimate of drug-likeness (QED) is 0.589. The summed E-state index contributed by atoms with van der Waals surface area (Å²) >= 11 is 0. The van der Waals surface area contributed by atoms with E-state index in [-0.39, 0.29) is 12.3 Å². The van der Waals surface area contributed by atoms with E-state index in [1.807, 2.05) is 0 Å². The Kier molecular flexibility index (Phi) is 4.51. The molecule has 92 valence electrons. The van der Waals surface area contributed by atoms with Crippen molar-refractivity contribution < 1.29 is 14.3 Å². The molecule has 0 aromatic heterocycles. The van der Waals surface area contributed by atoms with Gasteiger partial charge in [0.05, 0.1) is 13.5 Å². The Morgan fingerprint density at radius 2 is 1.94 bits per heavy atom. The predicted molar refractivity (Wildman–Crippen MR) is 64.2 cm³/mol. The van der Waals surface area contributed by atoms with Crippen molar-refractivity contribution >= 4 is 17.6 Å². The molecule has 1 aromatic carbocycles. The number of nitrogens with two attached hydrogens (primary N) is 1. The third-order valence-corrected chi connectivity index (χ3v) is 2.28. The van der Waals surface area contributed by atoms with Crippen molar-refractivity contribution in [2.75, 3.05) is 12.8 Å². The normalized spacial score (nSPS) is 11.6. The Morgan fingerprint density at radius 1 is 1.35 bits per heavy atom. The Hall–Kier alpha value is -2.04. The Bertz CT molecular complexity index is 401. The van der Waals surface area contributed by atoms with Gasteiger partial charge in [0, 0.05) is 5.69 Å². The van der Waals surface area contributed by atoms with Gasteiger partial charge in [-0.05, 0) is 24.6 Å². The first-order chi connectivity index (χ1) is 8.02. The van der Waals surface area contributed by atoms with Gasteiger partial charge in [-0.15, -0.1) is 0 Å². The minimum atomic E-state index is -0.638. The fourth-order valence-electron chi connectivity index (χ4n) is 1.35. The van der Waals surface area contributed by atoms with Gasteiger partial charge >= 0.3 is 5.97 Å². The summed E-state index contributed by atoms with van der Waals surface area (Å²) in [6.07, 6.45) is 0.210.